The zero-order valence-corrected chi connectivity index (χ0v) is 53.3. The van der Waals surface area contributed by atoms with Gasteiger partial charge in [0.1, 0.15) is 99.2 Å². The molecule has 9 rings (SSSR count). The number of carbonyl (C=O) groups excluding carboxylic acids is 4. The fraction of sp³-hybridized carbons (Fsp3) is 0.507. The van der Waals surface area contributed by atoms with Crippen LogP contribution in [0.1, 0.15) is 48.6 Å². The fourth-order valence-electron chi connectivity index (χ4n) is 11.7. The predicted molar refractivity (Wildman–Crippen MR) is 325 cm³/mol. The maximum atomic E-state index is 15.1. The van der Waals surface area contributed by atoms with E-state index in [4.69, 9.17) is 90.0 Å². The van der Waals surface area contributed by atoms with Crippen molar-refractivity contribution in [3.63, 3.8) is 0 Å². The molecule has 504 valence electrons. The summed E-state index contributed by atoms with van der Waals surface area (Å²) < 4.78 is 121. The molecule has 5 aromatic carbocycles. The van der Waals surface area contributed by atoms with E-state index in [1.165, 1.54) is 49.4 Å². The van der Waals surface area contributed by atoms with Crippen LogP contribution in [0.5, 0.6) is 0 Å². The van der Waals surface area contributed by atoms with Gasteiger partial charge in [-0.2, -0.15) is 0 Å². The number of hydrogen-bond acceptors (Lipinski definition) is 24. The molecule has 0 aliphatic carbocycles. The summed E-state index contributed by atoms with van der Waals surface area (Å²) in [5.74, 6) is -4.38. The lowest BCUT2D eigenvalue weighted by atomic mass is 9.90. The Labute approximate surface area is 540 Å². The number of rotatable bonds is 30. The normalized spacial score (nSPS) is 31.2. The summed E-state index contributed by atoms with van der Waals surface area (Å²) in [6.45, 7) is 3.49. The van der Waals surface area contributed by atoms with E-state index in [-0.39, 0.29) is 39.6 Å². The average molecular weight is 1300 g/mol. The summed E-state index contributed by atoms with van der Waals surface area (Å²) in [7, 11) is 6.93. The minimum absolute atomic E-state index is 0.0577. The van der Waals surface area contributed by atoms with Crippen molar-refractivity contribution in [3.8, 4) is 0 Å². The van der Waals surface area contributed by atoms with E-state index in [1.54, 1.807) is 55.5 Å². The van der Waals surface area contributed by atoms with Crippen LogP contribution in [-0.4, -0.2) is 194 Å². The number of esters is 4. The molecule has 4 fully saturated rings. The molecule has 0 radical (unpaired) electrons. The smallest absolute Gasteiger partial charge is 0.338 e. The van der Waals surface area contributed by atoms with E-state index < -0.39 is 153 Å². The second kappa shape index (κ2) is 35.2. The predicted octanol–water partition coefficient (Wildman–Crippen LogP) is 6.11. The highest BCUT2D eigenvalue weighted by molar-refractivity contribution is 5.76. The molecule has 4 saturated heterocycles. The molecule has 24 heteroatoms. The number of aliphatic hydroxyl groups is 1. The maximum absolute atomic E-state index is 15.1. The van der Waals surface area contributed by atoms with Crippen molar-refractivity contribution < 1.29 is 114 Å². The quantitative estimate of drug-likeness (QED) is 0.0401. The standard InChI is InChI=1S/C69H84O24/c1-41-52(86-43(3)71)53(89-68-61(77-6)55(75-4)51(72)56(91-68)64(73)84-37-47-30-20-12-21-31-47)50(40-81-42(2)70)87-66(41)92-59-57(76-5)62(78-7)69(93-60(59)65(74)85-38-48-32-22-13-23-33-48)90-54-49(39-80-34-44-24-14-9-15-25-44)88-67(79-8)63(83-36-46-28-18-11-19-29-46)58(54)82-35-45-26-16-10-17-27-45/h9-33,41,49-63,66-69,72H,34-40H2,1-8H3/t41?,49?,50-,51-,52?,53+,54+,55-,56?,57?,58-,59-,60+,61?,62?,63?,66+,67+,68+,69+/m0/s1. The zero-order chi connectivity index (χ0) is 65.8. The SMILES string of the molecule is COC1C(OC)[C@H](O[C@H]2O[C@@H](COC(C)=O)[C@@H](O[C@@H]3OC(C(=O)OCc4ccccc4)[C@@H](O)[C@H](OC)C3OC)C(OC(C)=O)C2C)[C@H](C(=O)OCc2ccccc2)O[C@H]1O[C@@H]1C(COCc2ccccc2)O[C@@H](OC)C(OCc2ccccc2)[C@H]1OCc1ccccc1. The molecule has 8 unspecified atom stereocenters. The zero-order valence-electron chi connectivity index (χ0n) is 53.3. The monoisotopic (exact) mass is 1300 g/mol. The van der Waals surface area contributed by atoms with E-state index in [0.29, 0.717) is 11.1 Å². The van der Waals surface area contributed by atoms with Crippen LogP contribution in [0.3, 0.4) is 0 Å². The Hall–Kier alpha value is -6.66. The summed E-state index contributed by atoms with van der Waals surface area (Å²) in [6.07, 6.45) is -25.3. The largest absolute Gasteiger partial charge is 0.463 e. The first-order chi connectivity index (χ1) is 45.2. The van der Waals surface area contributed by atoms with Gasteiger partial charge in [0.15, 0.2) is 37.4 Å². The third kappa shape index (κ3) is 18.6. The molecule has 0 bridgehead atoms. The fourth-order valence-corrected chi connectivity index (χ4v) is 11.7. The van der Waals surface area contributed by atoms with E-state index >= 15 is 4.79 Å². The molecule has 4 heterocycles. The molecule has 93 heavy (non-hydrogen) atoms. The van der Waals surface area contributed by atoms with Gasteiger partial charge in [0.05, 0.1) is 26.4 Å². The van der Waals surface area contributed by atoms with Crippen LogP contribution in [0, 0.1) is 5.92 Å². The molecule has 24 nitrogen and oxygen atoms in total. The van der Waals surface area contributed by atoms with Crippen LogP contribution in [0.4, 0.5) is 0 Å². The lowest BCUT2D eigenvalue weighted by Gasteiger charge is -2.51. The Kier molecular flexibility index (Phi) is 26.7. The summed E-state index contributed by atoms with van der Waals surface area (Å²) in [5, 5.41) is 11.5. The van der Waals surface area contributed by atoms with Crippen LogP contribution in [0.2, 0.25) is 0 Å². The molecule has 0 aromatic heterocycles. The molecule has 4 aliphatic heterocycles. The van der Waals surface area contributed by atoms with Gasteiger partial charge in [0.25, 0.3) is 0 Å². The number of carbonyl (C=O) groups is 4. The molecule has 5 aromatic rings. The number of benzene rings is 5. The topological polar surface area (TPSA) is 264 Å². The van der Waals surface area contributed by atoms with Crippen molar-refractivity contribution in [2.45, 2.75) is 171 Å². The van der Waals surface area contributed by atoms with Crippen LogP contribution >= 0.6 is 0 Å². The van der Waals surface area contributed by atoms with Crippen LogP contribution in [0.25, 0.3) is 0 Å². The Morgan fingerprint density at radius 3 is 1.26 bits per heavy atom. The second-order valence-corrected chi connectivity index (χ2v) is 22.7. The second-order valence-electron chi connectivity index (χ2n) is 22.7. The molecule has 20 atom stereocenters. The van der Waals surface area contributed by atoms with Gasteiger partial charge in [-0.15, -0.1) is 0 Å². The minimum Gasteiger partial charge on any atom is -0.463 e. The van der Waals surface area contributed by atoms with Gasteiger partial charge in [0.2, 0.25) is 0 Å². The van der Waals surface area contributed by atoms with E-state index in [2.05, 4.69) is 0 Å². The van der Waals surface area contributed by atoms with Gasteiger partial charge in [-0.1, -0.05) is 159 Å². The molecular formula is C69H84O24. The van der Waals surface area contributed by atoms with Gasteiger partial charge in [0, 0.05) is 55.3 Å². The minimum atomic E-state index is -1.72. The first-order valence-electron chi connectivity index (χ1n) is 30.8. The van der Waals surface area contributed by atoms with Gasteiger partial charge in [-0.25, -0.2) is 9.59 Å². The number of methoxy groups -OCH3 is 5. The molecular weight excluding hydrogens is 1210 g/mol. The van der Waals surface area contributed by atoms with Gasteiger partial charge in [-0.3, -0.25) is 9.59 Å². The van der Waals surface area contributed by atoms with Gasteiger partial charge in [-0.05, 0) is 27.8 Å². The Morgan fingerprint density at radius 1 is 0.376 bits per heavy atom. The van der Waals surface area contributed by atoms with Gasteiger partial charge < -0.3 is 95.1 Å². The summed E-state index contributed by atoms with van der Waals surface area (Å²) in [5.41, 5.74) is 3.93. The lowest BCUT2D eigenvalue weighted by Crippen LogP contribution is -2.68. The third-order valence-corrected chi connectivity index (χ3v) is 16.4. The summed E-state index contributed by atoms with van der Waals surface area (Å²) >= 11 is 0. The maximum Gasteiger partial charge on any atom is 0.338 e. The summed E-state index contributed by atoms with van der Waals surface area (Å²) in [4.78, 5) is 54.9. The third-order valence-electron chi connectivity index (χ3n) is 16.4. The molecule has 0 spiro atoms. The van der Waals surface area contributed by atoms with Crippen molar-refractivity contribution in [2.24, 2.45) is 5.92 Å². The Balaban J connectivity index is 1.05. The van der Waals surface area contributed by atoms with E-state index in [9.17, 15) is 19.5 Å². The Morgan fingerprint density at radius 2 is 0.785 bits per heavy atom. The van der Waals surface area contributed by atoms with Crippen molar-refractivity contribution >= 4 is 23.9 Å². The Bertz CT molecular complexity index is 3040. The van der Waals surface area contributed by atoms with E-state index in [0.717, 1.165) is 16.7 Å². The average Bonchev–Trinajstić information content (AvgIpc) is 0.811. The van der Waals surface area contributed by atoms with Crippen molar-refractivity contribution in [3.05, 3.63) is 179 Å². The number of ether oxygens (including phenoxy) is 19. The van der Waals surface area contributed by atoms with Crippen LogP contribution in [0.15, 0.2) is 152 Å². The molecule has 4 aliphatic rings. The highest BCUT2D eigenvalue weighted by Crippen LogP contribution is 2.40. The van der Waals surface area contributed by atoms with E-state index in [1.807, 2.05) is 103 Å². The lowest BCUT2D eigenvalue weighted by molar-refractivity contribution is -0.385. The van der Waals surface area contributed by atoms with Crippen molar-refractivity contribution in [1.29, 1.82) is 0 Å². The highest BCUT2D eigenvalue weighted by atomic mass is 16.8. The van der Waals surface area contributed by atoms with Crippen LogP contribution in [-0.2, 0) is 142 Å². The van der Waals surface area contributed by atoms with Crippen molar-refractivity contribution in [2.75, 3.05) is 48.8 Å². The van der Waals surface area contributed by atoms with Gasteiger partial charge >= 0.3 is 23.9 Å². The number of hydrogen-bond donors (Lipinski definition) is 1. The van der Waals surface area contributed by atoms with Crippen molar-refractivity contribution in [1.82, 2.24) is 0 Å². The first kappa shape index (κ1) is 70.7. The highest BCUT2D eigenvalue weighted by Gasteiger charge is 2.59. The molecule has 0 saturated carbocycles. The molecule has 1 N–H and O–H groups in total. The number of aliphatic hydroxyl groups excluding tert-OH is 1. The molecule has 0 amide bonds. The van der Waals surface area contributed by atoms with Crippen LogP contribution < -0.4 is 0 Å². The summed E-state index contributed by atoms with van der Waals surface area (Å²) in [6, 6.07) is 46.6. The first-order valence-corrected chi connectivity index (χ1v) is 30.8.